The molecule has 3 aliphatic carbocycles. The van der Waals surface area contributed by atoms with E-state index in [1.165, 1.54) is 0 Å². The van der Waals surface area contributed by atoms with Crippen molar-refractivity contribution in [1.82, 2.24) is 0 Å². The first-order chi connectivity index (χ1) is 13.5. The highest BCUT2D eigenvalue weighted by molar-refractivity contribution is 6.30. The van der Waals surface area contributed by atoms with Gasteiger partial charge in [-0.1, -0.05) is 48.9 Å². The van der Waals surface area contributed by atoms with E-state index in [1.807, 2.05) is 55.5 Å². The Morgan fingerprint density at radius 3 is 2.43 bits per heavy atom. The van der Waals surface area contributed by atoms with Crippen LogP contribution in [0.1, 0.15) is 36.8 Å². The molecule has 5 rings (SSSR count). The molecule has 0 aliphatic heterocycles. The zero-order chi connectivity index (χ0) is 19.9. The van der Waals surface area contributed by atoms with Gasteiger partial charge in [0.15, 0.2) is 11.6 Å². The topological polar surface area (TPSA) is 43.4 Å². The van der Waals surface area contributed by atoms with Crippen LogP contribution in [0.15, 0.2) is 54.6 Å². The van der Waals surface area contributed by atoms with Crippen molar-refractivity contribution in [2.45, 2.75) is 37.7 Å². The zero-order valence-electron chi connectivity index (χ0n) is 16.1. The van der Waals surface area contributed by atoms with E-state index < -0.39 is 11.5 Å². The molecule has 1 saturated carbocycles. The lowest BCUT2D eigenvalue weighted by Gasteiger charge is -2.30. The van der Waals surface area contributed by atoms with Crippen molar-refractivity contribution in [2.75, 3.05) is 7.11 Å². The monoisotopic (exact) mass is 394 g/mol. The normalized spacial score (nSPS) is 26.5. The van der Waals surface area contributed by atoms with Crippen LogP contribution in [-0.2, 0) is 20.7 Å². The van der Waals surface area contributed by atoms with Gasteiger partial charge in [-0.2, -0.15) is 0 Å². The summed E-state index contributed by atoms with van der Waals surface area (Å²) in [5.41, 5.74) is 2.82. The lowest BCUT2D eigenvalue weighted by Crippen LogP contribution is -2.42. The highest BCUT2D eigenvalue weighted by Gasteiger charge is 2.51. The molecule has 144 valence electrons. The third kappa shape index (κ3) is 3.03. The molecule has 0 amide bonds. The number of aryl methyl sites for hydroxylation is 1. The minimum Gasteiger partial charge on any atom is -0.366 e. The third-order valence-electron chi connectivity index (χ3n) is 6.13. The maximum Gasteiger partial charge on any atom is 0.183 e. The number of hydrogen-bond acceptors (Lipinski definition) is 3. The van der Waals surface area contributed by atoms with E-state index in [2.05, 4.69) is 0 Å². The van der Waals surface area contributed by atoms with Gasteiger partial charge in [0.2, 0.25) is 0 Å². The predicted molar refractivity (Wildman–Crippen MR) is 111 cm³/mol. The summed E-state index contributed by atoms with van der Waals surface area (Å²) in [4.78, 5) is 26.8. The van der Waals surface area contributed by atoms with Crippen molar-refractivity contribution >= 4 is 23.2 Å². The van der Waals surface area contributed by atoms with Gasteiger partial charge in [0.05, 0.1) is 0 Å². The molecule has 0 radical (unpaired) electrons. The Bertz CT molecular complexity index is 960. The van der Waals surface area contributed by atoms with Gasteiger partial charge >= 0.3 is 0 Å². The van der Waals surface area contributed by atoms with Gasteiger partial charge in [0, 0.05) is 18.1 Å². The number of ketones is 2. The molecule has 3 nitrogen and oxygen atoms in total. The lowest BCUT2D eigenvalue weighted by molar-refractivity contribution is -0.139. The standard InChI is InChI=1S/C24H23ClO3/c1-3-15-4-5-18(16-6-8-19(25)9-7-16)14-20(15)21-22(26)17-10-12-24(28-2,13-11-17)23(21)27/h4-10,12,14,17,21H,3,11,13H2,1-2H3/t17-,21?,24-/m0/s1. The van der Waals surface area contributed by atoms with Crippen LogP contribution in [0.3, 0.4) is 0 Å². The van der Waals surface area contributed by atoms with E-state index in [-0.39, 0.29) is 17.5 Å². The van der Waals surface area contributed by atoms with Gasteiger partial charge in [0.25, 0.3) is 0 Å². The summed E-state index contributed by atoms with van der Waals surface area (Å²) in [5.74, 6) is -1.16. The van der Waals surface area contributed by atoms with Crippen LogP contribution in [-0.4, -0.2) is 24.3 Å². The average Bonchev–Trinajstić information content (AvgIpc) is 2.90. The van der Waals surface area contributed by atoms with E-state index in [4.69, 9.17) is 16.3 Å². The molecule has 0 aromatic heterocycles. The van der Waals surface area contributed by atoms with Gasteiger partial charge in [-0.3, -0.25) is 9.59 Å². The molecule has 2 bridgehead atoms. The van der Waals surface area contributed by atoms with E-state index in [0.717, 1.165) is 28.7 Å². The van der Waals surface area contributed by atoms with E-state index in [0.29, 0.717) is 17.9 Å². The number of fused-ring (bicyclic) bond motifs is 3. The fraction of sp³-hybridized carbons (Fsp3) is 0.333. The SMILES string of the molecule is CCc1ccc(-c2ccc(Cl)cc2)cc1C1C(=O)[C@H]2C=C[C@](OC)(CC2)C1=O. The molecule has 28 heavy (non-hydrogen) atoms. The Labute approximate surface area is 170 Å². The van der Waals surface area contributed by atoms with Crippen LogP contribution < -0.4 is 0 Å². The fourth-order valence-electron chi connectivity index (χ4n) is 4.42. The van der Waals surface area contributed by atoms with E-state index in [1.54, 1.807) is 13.2 Å². The van der Waals surface area contributed by atoms with Crippen molar-refractivity contribution < 1.29 is 14.3 Å². The smallest absolute Gasteiger partial charge is 0.183 e. The second kappa shape index (κ2) is 7.31. The molecular formula is C24H23ClO3. The second-order valence-electron chi connectivity index (χ2n) is 7.57. The molecule has 3 aliphatic rings. The van der Waals surface area contributed by atoms with Gasteiger partial charge in [-0.05, 0) is 65.8 Å². The Kier molecular flexibility index (Phi) is 4.98. The number of Topliss-reactive ketones (excluding diaryl/α,β-unsaturated/α-hetero) is 2. The quantitative estimate of drug-likeness (QED) is 0.531. The maximum atomic E-state index is 13.5. The molecule has 0 N–H and O–H groups in total. The molecule has 1 fully saturated rings. The van der Waals surface area contributed by atoms with Crippen molar-refractivity contribution in [1.29, 1.82) is 0 Å². The number of rotatable bonds is 4. The first-order valence-corrected chi connectivity index (χ1v) is 10.1. The minimum atomic E-state index is -0.991. The van der Waals surface area contributed by atoms with Crippen molar-refractivity contribution in [3.63, 3.8) is 0 Å². The largest absolute Gasteiger partial charge is 0.366 e. The summed E-state index contributed by atoms with van der Waals surface area (Å²) >= 11 is 6.02. The number of hydrogen-bond donors (Lipinski definition) is 0. The average molecular weight is 395 g/mol. The van der Waals surface area contributed by atoms with Gasteiger partial charge < -0.3 is 4.74 Å². The maximum absolute atomic E-state index is 13.5. The number of allylic oxidation sites excluding steroid dienone is 1. The predicted octanol–water partition coefficient (Wildman–Crippen LogP) is 5.16. The molecule has 1 unspecified atom stereocenters. The van der Waals surface area contributed by atoms with Crippen molar-refractivity contribution in [2.24, 2.45) is 5.92 Å². The molecule has 2 aromatic rings. The second-order valence-corrected chi connectivity index (χ2v) is 8.01. The number of halogens is 1. The first-order valence-electron chi connectivity index (χ1n) is 9.70. The number of ether oxygens (including phenoxy) is 1. The minimum absolute atomic E-state index is 0.0133. The first kappa shape index (κ1) is 19.1. The van der Waals surface area contributed by atoms with Crippen LogP contribution in [0, 0.1) is 5.92 Å². The Balaban J connectivity index is 1.85. The summed E-state index contributed by atoms with van der Waals surface area (Å²) in [6.07, 6.45) is 5.64. The molecule has 0 heterocycles. The van der Waals surface area contributed by atoms with Crippen LogP contribution in [0.5, 0.6) is 0 Å². The number of carbonyl (C=O) groups excluding carboxylic acids is 2. The highest BCUT2D eigenvalue weighted by atomic mass is 35.5. The van der Waals surface area contributed by atoms with Crippen molar-refractivity contribution in [3.05, 3.63) is 70.8 Å². The van der Waals surface area contributed by atoms with E-state index >= 15 is 0 Å². The van der Waals surface area contributed by atoms with Crippen LogP contribution in [0.2, 0.25) is 5.02 Å². The molecule has 4 heteroatoms. The molecular weight excluding hydrogens is 372 g/mol. The Morgan fingerprint density at radius 2 is 1.82 bits per heavy atom. The van der Waals surface area contributed by atoms with Crippen LogP contribution in [0.25, 0.3) is 11.1 Å². The molecule has 3 atom stereocenters. The summed E-state index contributed by atoms with van der Waals surface area (Å²) in [6, 6.07) is 13.6. The summed E-state index contributed by atoms with van der Waals surface area (Å²) in [5, 5.41) is 0.674. The molecule has 0 saturated heterocycles. The van der Waals surface area contributed by atoms with Crippen LogP contribution in [0.4, 0.5) is 0 Å². The van der Waals surface area contributed by atoms with Gasteiger partial charge in [-0.25, -0.2) is 0 Å². The lowest BCUT2D eigenvalue weighted by atomic mass is 9.80. The van der Waals surface area contributed by atoms with E-state index in [9.17, 15) is 9.59 Å². The third-order valence-corrected chi connectivity index (χ3v) is 6.39. The van der Waals surface area contributed by atoms with Gasteiger partial charge in [-0.15, -0.1) is 0 Å². The number of methoxy groups -OCH3 is 1. The van der Waals surface area contributed by atoms with Crippen LogP contribution >= 0.6 is 11.6 Å². The number of carbonyl (C=O) groups is 2. The summed E-state index contributed by atoms with van der Waals surface area (Å²) < 4.78 is 5.66. The Hall–Kier alpha value is -2.23. The summed E-state index contributed by atoms with van der Waals surface area (Å²) in [7, 11) is 1.56. The molecule has 2 aromatic carbocycles. The number of benzene rings is 2. The Morgan fingerprint density at radius 1 is 1.11 bits per heavy atom. The molecule has 0 spiro atoms. The highest BCUT2D eigenvalue weighted by Crippen LogP contribution is 2.43. The van der Waals surface area contributed by atoms with Crippen molar-refractivity contribution in [3.8, 4) is 11.1 Å². The zero-order valence-corrected chi connectivity index (χ0v) is 16.8. The summed E-state index contributed by atoms with van der Waals surface area (Å²) in [6.45, 7) is 2.05. The van der Waals surface area contributed by atoms with Gasteiger partial charge in [0.1, 0.15) is 11.5 Å². The fourth-order valence-corrected chi connectivity index (χ4v) is 4.55.